The Morgan fingerprint density at radius 3 is 2.60 bits per heavy atom. The standard InChI is InChI=1S/C13H25N3O2S2/c1-4-16(5-2)8-6-7-15-20(17,18)13-9-12(10-14-3)11-19-13/h9,11,14-15H,4-8,10H2,1-3H3. The van der Waals surface area contributed by atoms with E-state index in [1.807, 2.05) is 12.4 Å². The van der Waals surface area contributed by atoms with Crippen molar-refractivity contribution >= 4 is 21.4 Å². The Labute approximate surface area is 126 Å². The molecule has 116 valence electrons. The van der Waals surface area contributed by atoms with Crippen LogP contribution in [0.15, 0.2) is 15.7 Å². The number of nitrogens with zero attached hydrogens (tertiary/aromatic N) is 1. The molecule has 1 rings (SSSR count). The summed E-state index contributed by atoms with van der Waals surface area (Å²) in [5.74, 6) is 0. The Kier molecular flexibility index (Phi) is 7.68. The van der Waals surface area contributed by atoms with E-state index < -0.39 is 10.0 Å². The van der Waals surface area contributed by atoms with E-state index in [0.29, 0.717) is 17.3 Å². The second kappa shape index (κ2) is 8.74. The highest BCUT2D eigenvalue weighted by Gasteiger charge is 2.16. The normalized spacial score (nSPS) is 12.2. The fourth-order valence-corrected chi connectivity index (χ4v) is 4.24. The van der Waals surface area contributed by atoms with Crippen LogP contribution in [0.25, 0.3) is 0 Å². The van der Waals surface area contributed by atoms with Gasteiger partial charge in [0.15, 0.2) is 0 Å². The molecule has 7 heteroatoms. The summed E-state index contributed by atoms with van der Waals surface area (Å²) in [7, 11) is -1.50. The summed E-state index contributed by atoms with van der Waals surface area (Å²) in [5, 5.41) is 4.89. The quantitative estimate of drug-likeness (QED) is 0.641. The van der Waals surface area contributed by atoms with Gasteiger partial charge in [0.1, 0.15) is 4.21 Å². The molecule has 0 saturated carbocycles. The third-order valence-electron chi connectivity index (χ3n) is 3.11. The minimum atomic E-state index is -3.35. The van der Waals surface area contributed by atoms with Crippen LogP contribution in [0.4, 0.5) is 0 Å². The van der Waals surface area contributed by atoms with E-state index in [2.05, 4.69) is 28.8 Å². The predicted octanol–water partition coefficient (Wildman–Crippen LogP) is 1.48. The first-order valence-electron chi connectivity index (χ1n) is 6.97. The van der Waals surface area contributed by atoms with Gasteiger partial charge in [0.25, 0.3) is 0 Å². The lowest BCUT2D eigenvalue weighted by Crippen LogP contribution is -2.29. The minimum absolute atomic E-state index is 0.394. The second-order valence-corrected chi connectivity index (χ2v) is 7.49. The summed E-state index contributed by atoms with van der Waals surface area (Å²) in [6, 6.07) is 1.73. The van der Waals surface area contributed by atoms with Crippen molar-refractivity contribution in [3.8, 4) is 0 Å². The molecule has 0 bridgehead atoms. The Morgan fingerprint density at radius 2 is 2.00 bits per heavy atom. The maximum absolute atomic E-state index is 12.1. The van der Waals surface area contributed by atoms with Gasteiger partial charge < -0.3 is 10.2 Å². The van der Waals surface area contributed by atoms with Gasteiger partial charge in [-0.25, -0.2) is 13.1 Å². The van der Waals surface area contributed by atoms with Crippen molar-refractivity contribution in [1.29, 1.82) is 0 Å². The summed E-state index contributed by atoms with van der Waals surface area (Å²) in [4.78, 5) is 2.28. The highest BCUT2D eigenvalue weighted by Crippen LogP contribution is 2.19. The van der Waals surface area contributed by atoms with E-state index in [1.54, 1.807) is 6.07 Å². The number of rotatable bonds is 10. The maximum Gasteiger partial charge on any atom is 0.250 e. The van der Waals surface area contributed by atoms with Crippen molar-refractivity contribution in [2.24, 2.45) is 0 Å². The zero-order valence-corrected chi connectivity index (χ0v) is 14.1. The Morgan fingerprint density at radius 1 is 1.30 bits per heavy atom. The first-order valence-corrected chi connectivity index (χ1v) is 9.33. The molecule has 0 fully saturated rings. The third-order valence-corrected chi connectivity index (χ3v) is 6.06. The zero-order valence-electron chi connectivity index (χ0n) is 12.5. The van der Waals surface area contributed by atoms with Gasteiger partial charge in [-0.15, -0.1) is 11.3 Å². The van der Waals surface area contributed by atoms with Gasteiger partial charge in [-0.05, 0) is 50.1 Å². The molecule has 1 aromatic heterocycles. The summed E-state index contributed by atoms with van der Waals surface area (Å²) >= 11 is 1.27. The molecule has 1 aromatic rings. The average Bonchev–Trinajstić information content (AvgIpc) is 2.89. The van der Waals surface area contributed by atoms with Crippen LogP contribution in [0.3, 0.4) is 0 Å². The number of nitrogens with one attached hydrogen (secondary N) is 2. The number of hydrogen-bond donors (Lipinski definition) is 2. The molecule has 2 N–H and O–H groups in total. The highest BCUT2D eigenvalue weighted by atomic mass is 32.2. The molecule has 0 aliphatic heterocycles. The van der Waals surface area contributed by atoms with Gasteiger partial charge >= 0.3 is 0 Å². The smallest absolute Gasteiger partial charge is 0.250 e. The van der Waals surface area contributed by atoms with Crippen molar-refractivity contribution in [3.63, 3.8) is 0 Å². The third kappa shape index (κ3) is 5.49. The molecule has 20 heavy (non-hydrogen) atoms. The monoisotopic (exact) mass is 319 g/mol. The first-order chi connectivity index (χ1) is 9.53. The van der Waals surface area contributed by atoms with E-state index >= 15 is 0 Å². The number of hydrogen-bond acceptors (Lipinski definition) is 5. The predicted molar refractivity (Wildman–Crippen MR) is 84.7 cm³/mol. The molecule has 1 heterocycles. The number of sulfonamides is 1. The summed E-state index contributed by atoms with van der Waals surface area (Å²) < 4.78 is 27.3. The summed E-state index contributed by atoms with van der Waals surface area (Å²) in [5.41, 5.74) is 1.00. The molecule has 0 unspecified atom stereocenters. The van der Waals surface area contributed by atoms with Crippen molar-refractivity contribution in [3.05, 3.63) is 17.0 Å². The molecule has 0 atom stereocenters. The van der Waals surface area contributed by atoms with Crippen LogP contribution in [-0.4, -0.2) is 46.5 Å². The van der Waals surface area contributed by atoms with Gasteiger partial charge in [0, 0.05) is 13.1 Å². The van der Waals surface area contributed by atoms with Crippen LogP contribution in [0, 0.1) is 0 Å². The van der Waals surface area contributed by atoms with Crippen molar-refractivity contribution in [1.82, 2.24) is 14.9 Å². The van der Waals surface area contributed by atoms with E-state index in [1.165, 1.54) is 11.3 Å². The zero-order chi connectivity index (χ0) is 15.0. The van der Waals surface area contributed by atoms with E-state index in [4.69, 9.17) is 0 Å². The van der Waals surface area contributed by atoms with E-state index in [9.17, 15) is 8.42 Å². The van der Waals surface area contributed by atoms with Crippen molar-refractivity contribution in [2.45, 2.75) is 31.0 Å². The summed E-state index contributed by atoms with van der Waals surface area (Å²) in [6.45, 7) is 8.32. The van der Waals surface area contributed by atoms with Crippen LogP contribution < -0.4 is 10.0 Å². The SMILES string of the molecule is CCN(CC)CCCNS(=O)(=O)c1cc(CNC)cs1. The molecule has 0 spiro atoms. The molecule has 0 radical (unpaired) electrons. The van der Waals surface area contributed by atoms with Gasteiger partial charge in [-0.2, -0.15) is 0 Å². The van der Waals surface area contributed by atoms with Crippen molar-refractivity contribution < 1.29 is 8.42 Å². The van der Waals surface area contributed by atoms with Crippen LogP contribution in [0.1, 0.15) is 25.8 Å². The van der Waals surface area contributed by atoms with Crippen LogP contribution in [0.5, 0.6) is 0 Å². The molecular formula is C13H25N3O2S2. The Balaban J connectivity index is 2.44. The first kappa shape index (κ1) is 17.6. The molecule has 0 aliphatic rings. The highest BCUT2D eigenvalue weighted by molar-refractivity contribution is 7.91. The maximum atomic E-state index is 12.1. The largest absolute Gasteiger partial charge is 0.316 e. The van der Waals surface area contributed by atoms with Gasteiger partial charge in [0.2, 0.25) is 10.0 Å². The lowest BCUT2D eigenvalue weighted by atomic mass is 10.3. The summed E-state index contributed by atoms with van der Waals surface area (Å²) in [6.07, 6.45) is 0.829. The minimum Gasteiger partial charge on any atom is -0.316 e. The van der Waals surface area contributed by atoms with Crippen molar-refractivity contribution in [2.75, 3.05) is 33.2 Å². The van der Waals surface area contributed by atoms with Gasteiger partial charge in [-0.3, -0.25) is 0 Å². The molecule has 0 aromatic carbocycles. The molecule has 0 saturated heterocycles. The lowest BCUT2D eigenvalue weighted by Gasteiger charge is -2.17. The Hall–Kier alpha value is -0.470. The second-order valence-electron chi connectivity index (χ2n) is 4.58. The van der Waals surface area contributed by atoms with Crippen LogP contribution in [-0.2, 0) is 16.6 Å². The molecule has 0 aliphatic carbocycles. The van der Waals surface area contributed by atoms with Crippen LogP contribution >= 0.6 is 11.3 Å². The van der Waals surface area contributed by atoms with Gasteiger partial charge in [0.05, 0.1) is 0 Å². The van der Waals surface area contributed by atoms with E-state index in [0.717, 1.165) is 31.6 Å². The van der Waals surface area contributed by atoms with E-state index in [-0.39, 0.29) is 0 Å². The fraction of sp³-hybridized carbons (Fsp3) is 0.692. The fourth-order valence-electron chi connectivity index (χ4n) is 1.91. The molecule has 5 nitrogen and oxygen atoms in total. The van der Waals surface area contributed by atoms with Gasteiger partial charge in [-0.1, -0.05) is 13.8 Å². The number of thiophene rings is 1. The molecular weight excluding hydrogens is 294 g/mol. The topological polar surface area (TPSA) is 61.4 Å². The Bertz CT molecular complexity index is 482. The molecule has 0 amide bonds. The van der Waals surface area contributed by atoms with Crippen LogP contribution in [0.2, 0.25) is 0 Å². The average molecular weight is 319 g/mol. The lowest BCUT2D eigenvalue weighted by molar-refractivity contribution is 0.300.